The fourth-order valence-corrected chi connectivity index (χ4v) is 105. The molecule has 5 unspecified atom stereocenters. The first-order chi connectivity index (χ1) is 6.11. The van der Waals surface area contributed by atoms with E-state index in [0.717, 1.165) is 0 Å². The predicted molar refractivity (Wildman–Crippen MR) is 50.7 cm³/mol. The number of rotatable bonds is 1. The zero-order chi connectivity index (χ0) is 7.72. The van der Waals surface area contributed by atoms with Crippen molar-refractivity contribution in [2.45, 2.75) is 47.4 Å². The van der Waals surface area contributed by atoms with Gasteiger partial charge in [0, 0.05) is 0 Å². The van der Waals surface area contributed by atoms with Crippen LogP contribution in [0.2, 0.25) is 43.3 Å². The molecule has 2 heteroatoms. The molecule has 10 heterocycles. The molecule has 0 bridgehead atoms. The van der Waals surface area contributed by atoms with Gasteiger partial charge in [-0.1, -0.05) is 0 Å². The van der Waals surface area contributed by atoms with E-state index in [-0.39, 0.29) is 0 Å². The molecule has 0 aromatic heterocycles. The molecule has 10 saturated heterocycles. The topological polar surface area (TPSA) is 0 Å². The average molecular weight is 232 g/mol. The van der Waals surface area contributed by atoms with Gasteiger partial charge in [-0.3, -0.25) is 0 Å². The first-order valence-corrected chi connectivity index (χ1v) is 13.8. The summed E-state index contributed by atoms with van der Waals surface area (Å²) in [5.74, 6) is 0. The average Bonchev–Trinajstić information content (AvgIpc) is 3.12. The molecule has 0 N–H and O–H groups in total. The molecule has 0 aliphatic carbocycles. The second kappa shape index (κ2) is 0.289. The van der Waals surface area contributed by atoms with Crippen LogP contribution in [0, 0.1) is 0 Å². The van der Waals surface area contributed by atoms with Gasteiger partial charge in [-0.05, 0) is 0 Å². The van der Waals surface area contributed by atoms with Gasteiger partial charge in [0.05, 0.1) is 0 Å². The quantitative estimate of drug-likeness (QED) is 0.478. The molecule has 70 valence electrons. The molecule has 0 amide bonds. The van der Waals surface area contributed by atoms with Gasteiger partial charge in [-0.15, -0.1) is 0 Å². The fraction of sp³-hybridized carbons (Fsp3) is 1.00. The van der Waals surface area contributed by atoms with E-state index in [9.17, 15) is 0 Å². The first-order valence-electron chi connectivity index (χ1n) is 6.01. The molecule has 1 spiro atoms. The summed E-state index contributed by atoms with van der Waals surface area (Å²) in [7, 11) is 1.43. The summed E-state index contributed by atoms with van der Waals surface area (Å²) in [6.45, 7) is 0.123. The Bertz CT molecular complexity index is 770. The van der Waals surface area contributed by atoms with Crippen molar-refractivity contribution in [3.05, 3.63) is 0 Å². The summed E-state index contributed by atoms with van der Waals surface area (Å²) in [4.78, 5) is 14.1. The zero-order valence-electron chi connectivity index (χ0n) is 7.55. The Labute approximate surface area is 69.3 Å². The van der Waals surface area contributed by atoms with E-state index in [1.807, 2.05) is 0 Å². The Balaban J connectivity index is 2.08. The maximum atomic E-state index is 2.61. The van der Waals surface area contributed by atoms with Crippen LogP contribution in [0.1, 0.15) is 0 Å². The molecule has 0 aromatic carbocycles. The van der Waals surface area contributed by atoms with Crippen LogP contribution >= 0.6 is 8.58 Å². The summed E-state index contributed by atoms with van der Waals surface area (Å²) in [6, 6.07) is 0. The maximum absolute atomic E-state index is 2.61. The minimum absolute atomic E-state index is 1.26. The number of fused-ring (bicyclic) bond motifs is 10. The second-order valence-electron chi connectivity index (χ2n) is 9.93. The van der Waals surface area contributed by atoms with E-state index >= 15 is 0 Å². The van der Waals surface area contributed by atoms with Crippen LogP contribution in [-0.4, -0.2) is 10.7 Å². The molecule has 13 heavy (non-hydrogen) atoms. The van der Waals surface area contributed by atoms with Crippen molar-refractivity contribution in [2.24, 2.45) is 0 Å². The van der Waals surface area contributed by atoms with Gasteiger partial charge in [0.15, 0.2) is 0 Å². The summed E-state index contributed by atoms with van der Waals surface area (Å²) in [5.41, 5.74) is 0. The van der Waals surface area contributed by atoms with Crippen LogP contribution in [-0.2, 0) is 6.51 Å². The van der Waals surface area contributed by atoms with Crippen LogP contribution in [0.5, 0.6) is 0 Å². The van der Waals surface area contributed by atoms with Crippen molar-refractivity contribution in [3.8, 4) is 0 Å². The minimum atomic E-state index is -2.49. The molecule has 5 atom stereocenters. The van der Waals surface area contributed by atoms with E-state index in [0.29, 0.717) is 0 Å². The standard InChI is InChI=1S/C6H8P.C5H5.Fe/c1-7-6-4-2-3-5-6;1-2-4-5-3-1;/h2-5,7H,1H3;1-5H;. The van der Waals surface area contributed by atoms with Crippen LogP contribution in [0.4, 0.5) is 0 Å². The monoisotopic (exact) mass is 232 g/mol. The first kappa shape index (κ1) is 4.44. The van der Waals surface area contributed by atoms with E-state index in [4.69, 9.17) is 0 Å². The van der Waals surface area contributed by atoms with Gasteiger partial charge in [0.2, 0.25) is 0 Å². The molecule has 10 fully saturated rings. The summed E-state index contributed by atoms with van der Waals surface area (Å²) < 4.78 is 1.26. The van der Waals surface area contributed by atoms with Crippen LogP contribution < -0.4 is 0 Å². The fourth-order valence-electron chi connectivity index (χ4n) is 16.9. The van der Waals surface area contributed by atoms with Gasteiger partial charge in [0.1, 0.15) is 0 Å². The van der Waals surface area contributed by atoms with Crippen molar-refractivity contribution in [1.29, 1.82) is 0 Å². The molecular weight excluding hydrogens is 219 g/mol. The Morgan fingerprint density at radius 2 is 1.31 bits per heavy atom. The van der Waals surface area contributed by atoms with Crippen molar-refractivity contribution < 1.29 is 6.51 Å². The number of hydrogen-bond acceptors (Lipinski definition) is 0. The molecule has 0 saturated carbocycles. The van der Waals surface area contributed by atoms with Crippen LogP contribution in [0.3, 0.4) is 0 Å². The second-order valence-corrected chi connectivity index (χ2v) is 35.3. The van der Waals surface area contributed by atoms with E-state index in [1.165, 1.54) is 12.6 Å². The van der Waals surface area contributed by atoms with Crippen LogP contribution in [0.25, 0.3) is 0 Å². The third-order valence-electron chi connectivity index (χ3n) is 15.1. The Morgan fingerprint density at radius 3 is 1.38 bits per heavy atom. The summed E-state index contributed by atoms with van der Waals surface area (Å²) in [6.07, 6.45) is 0. The van der Waals surface area contributed by atoms with Gasteiger partial charge >= 0.3 is 69.2 Å². The predicted octanol–water partition coefficient (Wildman–Crippen LogP) is 3.59. The normalized spacial score (nSPS) is 153. The molecule has 0 nitrogen and oxygen atoms in total. The van der Waals surface area contributed by atoms with E-state index in [2.05, 4.69) is 6.66 Å². The summed E-state index contributed by atoms with van der Waals surface area (Å²) in [5, 5.41) is 0. The van der Waals surface area contributed by atoms with Gasteiger partial charge in [-0.2, -0.15) is 0 Å². The molecule has 10 aliphatic rings. The van der Waals surface area contributed by atoms with Gasteiger partial charge in [-0.25, -0.2) is 0 Å². The van der Waals surface area contributed by atoms with E-state index in [1.54, 1.807) is 43.3 Å². The van der Waals surface area contributed by atoms with Crippen molar-refractivity contribution >= 4 is 8.58 Å². The van der Waals surface area contributed by atoms with Crippen molar-refractivity contribution in [1.82, 2.24) is 0 Å². The van der Waals surface area contributed by atoms with Gasteiger partial charge < -0.3 is 0 Å². The Kier molecular flexibility index (Phi) is 0.0988. The van der Waals surface area contributed by atoms with Crippen LogP contribution in [0.15, 0.2) is 0 Å². The van der Waals surface area contributed by atoms with Crippen molar-refractivity contribution in [2.75, 3.05) is 6.66 Å². The zero-order valence-corrected chi connectivity index (χ0v) is 9.65. The molecule has 10 aliphatic heterocycles. The van der Waals surface area contributed by atoms with E-state index < -0.39 is 6.51 Å². The Hall–Kier alpha value is 0.949. The molecular formula is C11H13FeP. The molecule has 0 radical (unpaired) electrons. The summed E-state index contributed by atoms with van der Waals surface area (Å²) >= 11 is 0. The SMILES string of the molecule is CP[C]12[CH]3[CH]4[CH]5[CH]1[Fe]45321678[CH]2[CH]1[CH]6[CH]7[CH]28. The Morgan fingerprint density at radius 1 is 0.846 bits per heavy atom. The third-order valence-corrected chi connectivity index (χ3v) is 63.7. The molecule has 0 aromatic rings. The molecule has 10 rings (SSSR count). The van der Waals surface area contributed by atoms with Gasteiger partial charge in [0.25, 0.3) is 0 Å². The van der Waals surface area contributed by atoms with Crippen molar-refractivity contribution in [3.63, 3.8) is 0 Å². The number of hydrogen-bond donors (Lipinski definition) is 0. The third kappa shape index (κ3) is 0.0330.